The van der Waals surface area contributed by atoms with Crippen LogP contribution >= 0.6 is 0 Å². The molecule has 136 valence electrons. The minimum Gasteiger partial charge on any atom is -0.337 e. The fourth-order valence-corrected chi connectivity index (χ4v) is 2.94. The topological polar surface area (TPSA) is 87.2 Å². The second-order valence-electron chi connectivity index (χ2n) is 6.36. The second kappa shape index (κ2) is 8.42. The van der Waals surface area contributed by atoms with Gasteiger partial charge in [0, 0.05) is 37.6 Å². The van der Waals surface area contributed by atoms with Crippen molar-refractivity contribution in [2.45, 2.75) is 32.6 Å². The molecule has 0 bridgehead atoms. The van der Waals surface area contributed by atoms with Crippen molar-refractivity contribution >= 4 is 29.1 Å². The lowest BCUT2D eigenvalue weighted by Crippen LogP contribution is -2.32. The smallest absolute Gasteiger partial charge is 0.272 e. The number of anilines is 3. The summed E-state index contributed by atoms with van der Waals surface area (Å²) in [6, 6.07) is 8.86. The molecule has 1 aliphatic rings. The molecule has 2 amide bonds. The van der Waals surface area contributed by atoms with Crippen molar-refractivity contribution in [1.82, 2.24) is 14.9 Å². The molecule has 2 N–H and O–H groups in total. The van der Waals surface area contributed by atoms with Gasteiger partial charge in [-0.3, -0.25) is 9.59 Å². The lowest BCUT2D eigenvalue weighted by molar-refractivity contribution is -0.114. The van der Waals surface area contributed by atoms with Gasteiger partial charge in [0.1, 0.15) is 5.69 Å². The maximum Gasteiger partial charge on any atom is 0.272 e. The van der Waals surface area contributed by atoms with Crippen LogP contribution in [-0.2, 0) is 4.79 Å². The molecular weight excluding hydrogens is 330 g/mol. The monoisotopic (exact) mass is 353 g/mol. The lowest BCUT2D eigenvalue weighted by atomic mass is 10.2. The fourth-order valence-electron chi connectivity index (χ4n) is 2.94. The third-order valence-electron chi connectivity index (χ3n) is 4.23. The first-order chi connectivity index (χ1) is 12.6. The molecule has 2 aromatic rings. The third kappa shape index (κ3) is 4.78. The minimum atomic E-state index is -0.117. The van der Waals surface area contributed by atoms with Crippen LogP contribution in [0.2, 0.25) is 0 Å². The highest BCUT2D eigenvalue weighted by Crippen LogP contribution is 2.17. The Morgan fingerprint density at radius 3 is 2.27 bits per heavy atom. The average Bonchev–Trinajstić information content (AvgIpc) is 2.92. The van der Waals surface area contributed by atoms with Crippen LogP contribution in [-0.4, -0.2) is 39.8 Å². The van der Waals surface area contributed by atoms with Crippen LogP contribution in [0.15, 0.2) is 36.5 Å². The van der Waals surface area contributed by atoms with Crippen LogP contribution in [0.3, 0.4) is 0 Å². The number of nitrogens with zero attached hydrogens (tertiary/aromatic N) is 3. The molecule has 1 aromatic heterocycles. The Hall–Kier alpha value is -2.96. The van der Waals surface area contributed by atoms with E-state index in [1.165, 1.54) is 19.8 Å². The van der Waals surface area contributed by atoms with E-state index in [1.807, 2.05) is 17.0 Å². The highest BCUT2D eigenvalue weighted by atomic mass is 16.2. The highest BCUT2D eigenvalue weighted by molar-refractivity contribution is 5.92. The molecule has 0 atom stereocenters. The third-order valence-corrected chi connectivity index (χ3v) is 4.23. The van der Waals surface area contributed by atoms with Gasteiger partial charge in [-0.15, -0.1) is 0 Å². The molecule has 26 heavy (non-hydrogen) atoms. The van der Waals surface area contributed by atoms with Crippen molar-refractivity contribution in [3.8, 4) is 0 Å². The summed E-state index contributed by atoms with van der Waals surface area (Å²) >= 11 is 0. The van der Waals surface area contributed by atoms with E-state index >= 15 is 0 Å². The van der Waals surface area contributed by atoms with Gasteiger partial charge in [0.15, 0.2) is 0 Å². The minimum absolute atomic E-state index is 0.0432. The van der Waals surface area contributed by atoms with Crippen molar-refractivity contribution in [1.29, 1.82) is 0 Å². The molecular formula is C19H23N5O2. The summed E-state index contributed by atoms with van der Waals surface area (Å²) in [6.45, 7) is 3.04. The van der Waals surface area contributed by atoms with Gasteiger partial charge in [0.25, 0.3) is 5.91 Å². The summed E-state index contributed by atoms with van der Waals surface area (Å²) in [5, 5.41) is 5.80. The van der Waals surface area contributed by atoms with Crippen molar-refractivity contribution in [3.63, 3.8) is 0 Å². The molecule has 2 heterocycles. The number of likely N-dealkylation sites (tertiary alicyclic amines) is 1. The summed E-state index contributed by atoms with van der Waals surface area (Å²) in [6.07, 6.45) is 6.03. The average molecular weight is 353 g/mol. The van der Waals surface area contributed by atoms with E-state index in [1.54, 1.807) is 24.4 Å². The van der Waals surface area contributed by atoms with E-state index in [0.717, 1.165) is 31.6 Å². The number of nitrogens with one attached hydrogen (secondary N) is 2. The Kier molecular flexibility index (Phi) is 5.78. The first-order valence-corrected chi connectivity index (χ1v) is 8.89. The molecule has 7 nitrogen and oxygen atoms in total. The molecule has 1 fully saturated rings. The van der Waals surface area contributed by atoms with Crippen LogP contribution in [0, 0.1) is 0 Å². The number of benzene rings is 1. The number of aromatic nitrogens is 2. The molecule has 0 spiro atoms. The SMILES string of the molecule is CC(=O)Nc1ccc(Nc2nccc(C(=O)N3CCCCCC3)n2)cc1. The molecule has 1 aliphatic heterocycles. The first-order valence-electron chi connectivity index (χ1n) is 8.89. The van der Waals surface area contributed by atoms with Crippen molar-refractivity contribution in [2.24, 2.45) is 0 Å². The van der Waals surface area contributed by atoms with Crippen LogP contribution in [0.1, 0.15) is 43.1 Å². The molecule has 1 aromatic carbocycles. The van der Waals surface area contributed by atoms with E-state index in [0.29, 0.717) is 17.3 Å². The maximum atomic E-state index is 12.7. The largest absolute Gasteiger partial charge is 0.337 e. The predicted octanol–water partition coefficient (Wildman–Crippen LogP) is 3.19. The number of carbonyl (C=O) groups is 2. The van der Waals surface area contributed by atoms with Crippen molar-refractivity contribution in [3.05, 3.63) is 42.2 Å². The van der Waals surface area contributed by atoms with Gasteiger partial charge in [-0.2, -0.15) is 0 Å². The van der Waals surface area contributed by atoms with Gasteiger partial charge in [0.05, 0.1) is 0 Å². The number of amides is 2. The highest BCUT2D eigenvalue weighted by Gasteiger charge is 2.18. The summed E-state index contributed by atoms with van der Waals surface area (Å²) in [5.74, 6) is 0.213. The van der Waals surface area contributed by atoms with E-state index in [-0.39, 0.29) is 11.8 Å². The van der Waals surface area contributed by atoms with E-state index < -0.39 is 0 Å². The Morgan fingerprint density at radius 2 is 1.62 bits per heavy atom. The summed E-state index contributed by atoms with van der Waals surface area (Å²) in [4.78, 5) is 34.2. The number of hydrogen-bond donors (Lipinski definition) is 2. The molecule has 3 rings (SSSR count). The normalized spacial score (nSPS) is 14.4. The van der Waals surface area contributed by atoms with Gasteiger partial charge < -0.3 is 15.5 Å². The second-order valence-corrected chi connectivity index (χ2v) is 6.36. The van der Waals surface area contributed by atoms with Crippen LogP contribution in [0.25, 0.3) is 0 Å². The fraction of sp³-hybridized carbons (Fsp3) is 0.368. The molecule has 0 saturated carbocycles. The Balaban J connectivity index is 1.68. The summed E-state index contributed by atoms with van der Waals surface area (Å²) in [7, 11) is 0. The maximum absolute atomic E-state index is 12.7. The van der Waals surface area contributed by atoms with Crippen LogP contribution in [0.4, 0.5) is 17.3 Å². The zero-order valence-electron chi connectivity index (χ0n) is 14.9. The Morgan fingerprint density at radius 1 is 0.962 bits per heavy atom. The van der Waals surface area contributed by atoms with E-state index in [2.05, 4.69) is 20.6 Å². The molecule has 0 unspecified atom stereocenters. The molecule has 0 aliphatic carbocycles. The van der Waals surface area contributed by atoms with Crippen LogP contribution in [0.5, 0.6) is 0 Å². The van der Waals surface area contributed by atoms with Gasteiger partial charge in [-0.05, 0) is 43.2 Å². The molecule has 0 radical (unpaired) electrons. The molecule has 1 saturated heterocycles. The van der Waals surface area contributed by atoms with Crippen molar-refractivity contribution in [2.75, 3.05) is 23.7 Å². The standard InChI is InChI=1S/C19H23N5O2/c1-14(25)21-15-6-8-16(9-7-15)22-19-20-11-10-17(23-19)18(26)24-12-4-2-3-5-13-24/h6-11H,2-5,12-13H2,1H3,(H,21,25)(H,20,22,23). The number of hydrogen-bond acceptors (Lipinski definition) is 5. The van der Waals surface area contributed by atoms with Gasteiger partial charge in [-0.25, -0.2) is 9.97 Å². The van der Waals surface area contributed by atoms with Gasteiger partial charge in [-0.1, -0.05) is 12.8 Å². The van der Waals surface area contributed by atoms with E-state index in [9.17, 15) is 9.59 Å². The first kappa shape index (κ1) is 17.8. The lowest BCUT2D eigenvalue weighted by Gasteiger charge is -2.19. The van der Waals surface area contributed by atoms with Crippen molar-refractivity contribution < 1.29 is 9.59 Å². The number of carbonyl (C=O) groups excluding carboxylic acids is 2. The predicted molar refractivity (Wildman–Crippen MR) is 100 cm³/mol. The summed E-state index contributed by atoms with van der Waals surface area (Å²) < 4.78 is 0. The Labute approximate surface area is 152 Å². The van der Waals surface area contributed by atoms with Gasteiger partial charge >= 0.3 is 0 Å². The zero-order valence-corrected chi connectivity index (χ0v) is 14.9. The van der Waals surface area contributed by atoms with Crippen LogP contribution < -0.4 is 10.6 Å². The Bertz CT molecular complexity index is 768. The quantitative estimate of drug-likeness (QED) is 0.881. The zero-order chi connectivity index (χ0) is 18.4. The molecule has 7 heteroatoms. The summed E-state index contributed by atoms with van der Waals surface area (Å²) in [5.41, 5.74) is 1.90. The number of rotatable bonds is 4. The van der Waals surface area contributed by atoms with E-state index in [4.69, 9.17) is 0 Å². The van der Waals surface area contributed by atoms with Gasteiger partial charge in [0.2, 0.25) is 11.9 Å².